The van der Waals surface area contributed by atoms with Crippen LogP contribution in [0.15, 0.2) is 71.5 Å². The van der Waals surface area contributed by atoms with Crippen LogP contribution in [0.5, 0.6) is 0 Å². The maximum Gasteiger partial charge on any atom is 0.299 e. The van der Waals surface area contributed by atoms with E-state index in [0.29, 0.717) is 25.0 Å². The molecule has 2 N–H and O–H groups in total. The largest absolute Gasteiger partial charge is 0.423 e. The zero-order chi connectivity index (χ0) is 20.1. The summed E-state index contributed by atoms with van der Waals surface area (Å²) in [6.45, 7) is 2.78. The first-order valence-corrected chi connectivity index (χ1v) is 9.34. The van der Waals surface area contributed by atoms with Crippen molar-refractivity contribution < 1.29 is 14.3 Å². The molecule has 0 bridgehead atoms. The number of aliphatic hydroxyl groups excluding tert-OH is 1. The smallest absolute Gasteiger partial charge is 0.299 e. The number of anilines is 2. The second kappa shape index (κ2) is 8.72. The number of rotatable bonds is 8. The van der Waals surface area contributed by atoms with E-state index in [4.69, 9.17) is 14.3 Å². The lowest BCUT2D eigenvalue weighted by Crippen LogP contribution is -2.00. The standard InChI is InChI=1S/C22H22N4O3/c1-16-3-4-17(15-28-12-11-27)13-20(16)25-22-23-14-21(29-22)18-5-7-19(8-6-18)26-10-2-9-24-26/h2-10,13-14,27H,11-12,15H2,1H3,(H,23,25). The third-order valence-electron chi connectivity index (χ3n) is 4.47. The van der Waals surface area contributed by atoms with Gasteiger partial charge in [0, 0.05) is 23.6 Å². The highest BCUT2D eigenvalue weighted by Gasteiger charge is 2.09. The van der Waals surface area contributed by atoms with Crippen LogP contribution in [0.4, 0.5) is 11.7 Å². The molecule has 0 radical (unpaired) electrons. The van der Waals surface area contributed by atoms with Gasteiger partial charge in [0.25, 0.3) is 6.01 Å². The van der Waals surface area contributed by atoms with E-state index in [-0.39, 0.29) is 6.61 Å². The van der Waals surface area contributed by atoms with E-state index >= 15 is 0 Å². The van der Waals surface area contributed by atoms with Gasteiger partial charge in [-0.3, -0.25) is 0 Å². The summed E-state index contributed by atoms with van der Waals surface area (Å²) < 4.78 is 13.1. The molecule has 0 saturated carbocycles. The molecule has 2 aromatic carbocycles. The minimum Gasteiger partial charge on any atom is -0.423 e. The summed E-state index contributed by atoms with van der Waals surface area (Å²) in [6.07, 6.45) is 5.35. The number of hydrogen-bond acceptors (Lipinski definition) is 6. The molecule has 0 fully saturated rings. The first-order valence-electron chi connectivity index (χ1n) is 9.34. The summed E-state index contributed by atoms with van der Waals surface area (Å²) in [6, 6.07) is 16.2. The minimum absolute atomic E-state index is 0.0129. The summed E-state index contributed by atoms with van der Waals surface area (Å²) in [5.41, 5.74) is 4.89. The average Bonchev–Trinajstić information content (AvgIpc) is 3.43. The van der Waals surface area contributed by atoms with Crippen LogP contribution in [0.25, 0.3) is 17.0 Å². The third-order valence-corrected chi connectivity index (χ3v) is 4.47. The Hall–Kier alpha value is -3.42. The normalized spacial score (nSPS) is 11.0. The minimum atomic E-state index is 0.0129. The van der Waals surface area contributed by atoms with Crippen LogP contribution < -0.4 is 5.32 Å². The zero-order valence-corrected chi connectivity index (χ0v) is 16.1. The van der Waals surface area contributed by atoms with E-state index in [1.165, 1.54) is 0 Å². The highest BCUT2D eigenvalue weighted by atomic mass is 16.5. The van der Waals surface area contributed by atoms with E-state index in [1.54, 1.807) is 17.1 Å². The lowest BCUT2D eigenvalue weighted by molar-refractivity contribution is 0.0816. The van der Waals surface area contributed by atoms with Crippen molar-refractivity contribution in [1.82, 2.24) is 14.8 Å². The molecule has 0 aliphatic heterocycles. The maximum atomic E-state index is 8.84. The molecular weight excluding hydrogens is 368 g/mol. The molecule has 4 rings (SSSR count). The van der Waals surface area contributed by atoms with Gasteiger partial charge in [0.15, 0.2) is 5.76 Å². The molecule has 7 heteroatoms. The van der Waals surface area contributed by atoms with Crippen LogP contribution in [0.1, 0.15) is 11.1 Å². The summed E-state index contributed by atoms with van der Waals surface area (Å²) >= 11 is 0. The molecule has 29 heavy (non-hydrogen) atoms. The van der Waals surface area contributed by atoms with Crippen molar-refractivity contribution in [3.8, 4) is 17.0 Å². The van der Waals surface area contributed by atoms with Gasteiger partial charge < -0.3 is 19.6 Å². The van der Waals surface area contributed by atoms with Gasteiger partial charge in [-0.05, 0) is 54.4 Å². The molecule has 0 saturated heterocycles. The number of ether oxygens (including phenoxy) is 1. The van der Waals surface area contributed by atoms with Crippen molar-refractivity contribution in [3.05, 3.63) is 78.2 Å². The quantitative estimate of drug-likeness (QED) is 0.441. The van der Waals surface area contributed by atoms with Gasteiger partial charge in [0.05, 0.1) is 31.7 Å². The predicted octanol–water partition coefficient (Wildman–Crippen LogP) is 4.09. The highest BCUT2D eigenvalue weighted by molar-refractivity contribution is 5.62. The fraction of sp³-hybridized carbons (Fsp3) is 0.182. The SMILES string of the molecule is Cc1ccc(COCCO)cc1Nc1ncc(-c2ccc(-n3cccn3)cc2)o1. The van der Waals surface area contributed by atoms with Crippen LogP contribution in [0.2, 0.25) is 0 Å². The van der Waals surface area contributed by atoms with Gasteiger partial charge in [-0.1, -0.05) is 12.1 Å². The number of aromatic nitrogens is 3. The number of aliphatic hydroxyl groups is 1. The molecule has 0 spiro atoms. The third kappa shape index (κ3) is 4.53. The number of aryl methyl sites for hydroxylation is 1. The Morgan fingerprint density at radius 3 is 2.79 bits per heavy atom. The lowest BCUT2D eigenvalue weighted by atomic mass is 10.1. The van der Waals surface area contributed by atoms with Crippen LogP contribution in [0, 0.1) is 6.92 Å². The maximum absolute atomic E-state index is 8.84. The van der Waals surface area contributed by atoms with Gasteiger partial charge in [-0.25, -0.2) is 9.67 Å². The predicted molar refractivity (Wildman–Crippen MR) is 110 cm³/mol. The molecule has 0 unspecified atom stereocenters. The van der Waals surface area contributed by atoms with E-state index in [0.717, 1.165) is 28.1 Å². The molecule has 4 aromatic rings. The number of nitrogens with zero attached hydrogens (tertiary/aromatic N) is 3. The van der Waals surface area contributed by atoms with Gasteiger partial charge in [0.2, 0.25) is 0 Å². The highest BCUT2D eigenvalue weighted by Crippen LogP contribution is 2.27. The Balaban J connectivity index is 1.47. The second-order valence-electron chi connectivity index (χ2n) is 6.58. The molecular formula is C22H22N4O3. The van der Waals surface area contributed by atoms with Crippen LogP contribution in [-0.2, 0) is 11.3 Å². The first-order chi connectivity index (χ1) is 14.2. The number of oxazole rings is 1. The van der Waals surface area contributed by atoms with E-state index in [1.807, 2.05) is 61.7 Å². The Bertz CT molecular complexity index is 1060. The molecule has 2 heterocycles. The zero-order valence-electron chi connectivity index (χ0n) is 16.1. The average molecular weight is 390 g/mol. The second-order valence-corrected chi connectivity index (χ2v) is 6.58. The molecule has 0 atom stereocenters. The molecule has 0 aliphatic rings. The van der Waals surface area contributed by atoms with E-state index in [9.17, 15) is 0 Å². The van der Waals surface area contributed by atoms with Gasteiger partial charge in [0.1, 0.15) is 0 Å². The Morgan fingerprint density at radius 1 is 1.17 bits per heavy atom. The Kier molecular flexibility index (Phi) is 5.69. The number of benzene rings is 2. The molecule has 0 amide bonds. The van der Waals surface area contributed by atoms with Gasteiger partial charge in [-0.2, -0.15) is 5.10 Å². The Morgan fingerprint density at radius 2 is 2.03 bits per heavy atom. The van der Waals surface area contributed by atoms with Gasteiger partial charge >= 0.3 is 0 Å². The summed E-state index contributed by atoms with van der Waals surface area (Å²) in [5.74, 6) is 0.680. The van der Waals surface area contributed by atoms with E-state index < -0.39 is 0 Å². The molecule has 7 nitrogen and oxygen atoms in total. The first kappa shape index (κ1) is 18.9. The number of hydrogen-bond donors (Lipinski definition) is 2. The lowest BCUT2D eigenvalue weighted by Gasteiger charge is -2.09. The van der Waals surface area contributed by atoms with Crippen LogP contribution in [-0.4, -0.2) is 33.1 Å². The fourth-order valence-corrected chi connectivity index (χ4v) is 2.93. The molecule has 2 aromatic heterocycles. The van der Waals surface area contributed by atoms with Crippen molar-refractivity contribution in [1.29, 1.82) is 0 Å². The summed E-state index contributed by atoms with van der Waals surface area (Å²) in [4.78, 5) is 4.35. The van der Waals surface area contributed by atoms with Crippen molar-refractivity contribution in [2.45, 2.75) is 13.5 Å². The van der Waals surface area contributed by atoms with Crippen molar-refractivity contribution in [2.24, 2.45) is 0 Å². The van der Waals surface area contributed by atoms with Crippen LogP contribution in [0.3, 0.4) is 0 Å². The Labute approximate surface area is 168 Å². The fourth-order valence-electron chi connectivity index (χ4n) is 2.93. The summed E-state index contributed by atoms with van der Waals surface area (Å²) in [7, 11) is 0. The van der Waals surface area contributed by atoms with Crippen molar-refractivity contribution in [2.75, 3.05) is 18.5 Å². The van der Waals surface area contributed by atoms with Crippen molar-refractivity contribution in [3.63, 3.8) is 0 Å². The van der Waals surface area contributed by atoms with E-state index in [2.05, 4.69) is 15.4 Å². The van der Waals surface area contributed by atoms with Crippen molar-refractivity contribution >= 4 is 11.7 Å². The van der Waals surface area contributed by atoms with Gasteiger partial charge in [-0.15, -0.1) is 0 Å². The number of nitrogens with one attached hydrogen (secondary N) is 1. The molecule has 0 aliphatic carbocycles. The monoisotopic (exact) mass is 390 g/mol. The van der Waals surface area contributed by atoms with Crippen LogP contribution >= 0.6 is 0 Å². The molecule has 148 valence electrons. The topological polar surface area (TPSA) is 85.3 Å². The summed E-state index contributed by atoms with van der Waals surface area (Å²) in [5, 5.41) is 16.3.